The molecule has 0 unspecified atom stereocenters. The summed E-state index contributed by atoms with van der Waals surface area (Å²) in [6.07, 6.45) is 9.26. The van der Waals surface area contributed by atoms with Gasteiger partial charge in [0.05, 0.1) is 0 Å². The lowest BCUT2D eigenvalue weighted by molar-refractivity contribution is -0.130. The summed E-state index contributed by atoms with van der Waals surface area (Å²) in [5.41, 5.74) is 0. The Labute approximate surface area is 109 Å². The first-order chi connectivity index (χ1) is 7.72. The van der Waals surface area contributed by atoms with E-state index in [1.54, 1.807) is 0 Å². The number of hydrogen-bond donors (Lipinski definition) is 0. The maximum absolute atomic E-state index is 11.6. The van der Waals surface area contributed by atoms with E-state index in [0.717, 1.165) is 31.1 Å². The Hall–Kier alpha value is -0.0500. The third-order valence-electron chi connectivity index (χ3n) is 2.80. The highest BCUT2D eigenvalue weighted by molar-refractivity contribution is 9.09. The second-order valence-corrected chi connectivity index (χ2v) is 5.17. The first kappa shape index (κ1) is 16.0. The molecule has 0 heterocycles. The van der Waals surface area contributed by atoms with Crippen molar-refractivity contribution in [2.24, 2.45) is 0 Å². The summed E-state index contributed by atoms with van der Waals surface area (Å²) in [4.78, 5) is 13.5. The SMILES string of the molecule is CCCCCCCCC(=O)N(C)CCCBr. The van der Waals surface area contributed by atoms with E-state index in [1.807, 2.05) is 11.9 Å². The van der Waals surface area contributed by atoms with E-state index < -0.39 is 0 Å². The molecular weight excluding hydrogens is 266 g/mol. The van der Waals surface area contributed by atoms with Crippen molar-refractivity contribution in [1.82, 2.24) is 4.90 Å². The maximum Gasteiger partial charge on any atom is 0.222 e. The second-order valence-electron chi connectivity index (χ2n) is 4.38. The van der Waals surface area contributed by atoms with E-state index in [-0.39, 0.29) is 0 Å². The van der Waals surface area contributed by atoms with Crippen LogP contribution in [0.15, 0.2) is 0 Å². The minimum absolute atomic E-state index is 0.302. The summed E-state index contributed by atoms with van der Waals surface area (Å²) in [6, 6.07) is 0. The number of nitrogens with zero attached hydrogens (tertiary/aromatic N) is 1. The van der Waals surface area contributed by atoms with Gasteiger partial charge in [0.15, 0.2) is 0 Å². The highest BCUT2D eigenvalue weighted by Gasteiger charge is 2.06. The number of amides is 1. The van der Waals surface area contributed by atoms with Crippen LogP contribution in [0.2, 0.25) is 0 Å². The van der Waals surface area contributed by atoms with Crippen LogP contribution in [-0.2, 0) is 4.79 Å². The summed E-state index contributed by atoms with van der Waals surface area (Å²) in [6.45, 7) is 3.10. The van der Waals surface area contributed by atoms with Gasteiger partial charge in [-0.05, 0) is 12.8 Å². The van der Waals surface area contributed by atoms with Crippen molar-refractivity contribution < 1.29 is 4.79 Å². The van der Waals surface area contributed by atoms with Crippen molar-refractivity contribution in [1.29, 1.82) is 0 Å². The largest absolute Gasteiger partial charge is 0.346 e. The lowest BCUT2D eigenvalue weighted by atomic mass is 10.1. The van der Waals surface area contributed by atoms with Crippen LogP contribution in [0.3, 0.4) is 0 Å². The Morgan fingerprint density at radius 3 is 2.31 bits per heavy atom. The zero-order chi connectivity index (χ0) is 12.2. The third-order valence-corrected chi connectivity index (χ3v) is 3.36. The molecule has 0 rings (SSSR count). The normalized spacial score (nSPS) is 10.4. The standard InChI is InChI=1S/C13H26BrNO/c1-3-4-5-6-7-8-10-13(16)15(2)12-9-11-14/h3-12H2,1-2H3. The summed E-state index contributed by atoms with van der Waals surface area (Å²) in [7, 11) is 1.90. The van der Waals surface area contributed by atoms with Crippen molar-refractivity contribution in [3.05, 3.63) is 0 Å². The number of alkyl halides is 1. The topological polar surface area (TPSA) is 20.3 Å². The molecule has 0 aliphatic carbocycles. The Morgan fingerprint density at radius 1 is 1.06 bits per heavy atom. The minimum Gasteiger partial charge on any atom is -0.346 e. The minimum atomic E-state index is 0.302. The highest BCUT2D eigenvalue weighted by atomic mass is 79.9. The van der Waals surface area contributed by atoms with Gasteiger partial charge < -0.3 is 4.90 Å². The van der Waals surface area contributed by atoms with Crippen molar-refractivity contribution in [2.75, 3.05) is 18.9 Å². The molecule has 3 heteroatoms. The average molecular weight is 292 g/mol. The zero-order valence-corrected chi connectivity index (χ0v) is 12.4. The molecule has 0 fully saturated rings. The fourth-order valence-corrected chi connectivity index (χ4v) is 1.92. The van der Waals surface area contributed by atoms with Crippen molar-refractivity contribution in [3.8, 4) is 0 Å². The molecule has 0 saturated heterocycles. The smallest absolute Gasteiger partial charge is 0.222 e. The molecule has 0 bridgehead atoms. The fourth-order valence-electron chi connectivity index (χ4n) is 1.67. The predicted molar refractivity (Wildman–Crippen MR) is 74.0 cm³/mol. The van der Waals surface area contributed by atoms with Gasteiger partial charge in [-0.2, -0.15) is 0 Å². The predicted octanol–water partition coefficient (Wildman–Crippen LogP) is 3.98. The van der Waals surface area contributed by atoms with E-state index in [4.69, 9.17) is 0 Å². The Balaban J connectivity index is 3.35. The Bertz CT molecular complexity index is 173. The molecular formula is C13H26BrNO. The van der Waals surface area contributed by atoms with Crippen LogP contribution < -0.4 is 0 Å². The number of unbranched alkanes of at least 4 members (excludes halogenated alkanes) is 5. The first-order valence-electron chi connectivity index (χ1n) is 6.52. The molecule has 16 heavy (non-hydrogen) atoms. The van der Waals surface area contributed by atoms with Gasteiger partial charge in [-0.3, -0.25) is 4.79 Å². The maximum atomic E-state index is 11.6. The van der Waals surface area contributed by atoms with Gasteiger partial charge in [-0.15, -0.1) is 0 Å². The van der Waals surface area contributed by atoms with Crippen LogP contribution in [0, 0.1) is 0 Å². The summed E-state index contributed by atoms with van der Waals surface area (Å²) in [5, 5.41) is 0.974. The number of hydrogen-bond acceptors (Lipinski definition) is 1. The molecule has 0 aliphatic rings. The zero-order valence-electron chi connectivity index (χ0n) is 10.8. The van der Waals surface area contributed by atoms with E-state index in [0.29, 0.717) is 5.91 Å². The summed E-state index contributed by atoms with van der Waals surface area (Å²) in [5.74, 6) is 0.302. The number of carbonyl (C=O) groups excluding carboxylic acids is 1. The van der Waals surface area contributed by atoms with Gasteiger partial charge >= 0.3 is 0 Å². The third kappa shape index (κ3) is 9.20. The van der Waals surface area contributed by atoms with Crippen molar-refractivity contribution in [2.45, 2.75) is 58.3 Å². The first-order valence-corrected chi connectivity index (χ1v) is 7.64. The summed E-state index contributed by atoms with van der Waals surface area (Å²) >= 11 is 3.38. The van der Waals surface area contributed by atoms with Crippen LogP contribution in [-0.4, -0.2) is 29.7 Å². The quantitative estimate of drug-likeness (QED) is 0.440. The van der Waals surface area contributed by atoms with Gasteiger partial charge in [0.2, 0.25) is 5.91 Å². The highest BCUT2D eigenvalue weighted by Crippen LogP contribution is 2.08. The Kier molecular flexibility index (Phi) is 11.4. The molecule has 0 N–H and O–H groups in total. The molecule has 0 aromatic rings. The molecule has 96 valence electrons. The number of halogens is 1. The van der Waals surface area contributed by atoms with Crippen LogP contribution in [0.1, 0.15) is 58.3 Å². The summed E-state index contributed by atoms with van der Waals surface area (Å²) < 4.78 is 0. The van der Waals surface area contributed by atoms with E-state index in [1.165, 1.54) is 32.1 Å². The second kappa shape index (κ2) is 11.4. The van der Waals surface area contributed by atoms with Gasteiger partial charge in [0.1, 0.15) is 0 Å². The Morgan fingerprint density at radius 2 is 1.69 bits per heavy atom. The molecule has 1 amide bonds. The number of carbonyl (C=O) groups is 1. The van der Waals surface area contributed by atoms with Crippen LogP contribution >= 0.6 is 15.9 Å². The molecule has 0 spiro atoms. The van der Waals surface area contributed by atoms with Gasteiger partial charge in [0, 0.05) is 25.3 Å². The monoisotopic (exact) mass is 291 g/mol. The average Bonchev–Trinajstić information content (AvgIpc) is 2.30. The molecule has 2 nitrogen and oxygen atoms in total. The van der Waals surface area contributed by atoms with Crippen molar-refractivity contribution in [3.63, 3.8) is 0 Å². The van der Waals surface area contributed by atoms with Gasteiger partial charge in [-0.25, -0.2) is 0 Å². The molecule has 0 saturated carbocycles. The fraction of sp³-hybridized carbons (Fsp3) is 0.923. The van der Waals surface area contributed by atoms with Gasteiger partial charge in [0.25, 0.3) is 0 Å². The van der Waals surface area contributed by atoms with Crippen LogP contribution in [0.25, 0.3) is 0 Å². The molecule has 0 aromatic carbocycles. The van der Waals surface area contributed by atoms with E-state index in [2.05, 4.69) is 22.9 Å². The molecule has 0 aromatic heterocycles. The molecule has 0 aliphatic heterocycles. The van der Waals surface area contributed by atoms with Crippen LogP contribution in [0.4, 0.5) is 0 Å². The number of rotatable bonds is 10. The molecule has 0 radical (unpaired) electrons. The van der Waals surface area contributed by atoms with E-state index in [9.17, 15) is 4.79 Å². The van der Waals surface area contributed by atoms with Crippen LogP contribution in [0.5, 0.6) is 0 Å². The lowest BCUT2D eigenvalue weighted by Gasteiger charge is -2.16. The van der Waals surface area contributed by atoms with Crippen molar-refractivity contribution >= 4 is 21.8 Å². The molecule has 0 atom stereocenters. The lowest BCUT2D eigenvalue weighted by Crippen LogP contribution is -2.27. The van der Waals surface area contributed by atoms with Gasteiger partial charge in [-0.1, -0.05) is 55.0 Å². The van der Waals surface area contributed by atoms with E-state index >= 15 is 0 Å².